The largest absolute Gasteiger partial charge is 0.394 e. The standard InChI is InChI=1S/C16H35N3O/c1-7-8-17-16(4,12-20)9-14(3)19-10-13(2)15(11-19)18(5)6/h13-15,17,20H,7-12H2,1-6H3. The van der Waals surface area contributed by atoms with E-state index in [9.17, 15) is 5.11 Å². The van der Waals surface area contributed by atoms with Crippen molar-refractivity contribution in [2.75, 3.05) is 40.3 Å². The number of hydrogen-bond donors (Lipinski definition) is 2. The molecule has 0 aromatic carbocycles. The predicted octanol–water partition coefficient (Wildman–Crippen LogP) is 1.40. The zero-order chi connectivity index (χ0) is 15.3. The molecular weight excluding hydrogens is 250 g/mol. The number of aliphatic hydroxyl groups is 1. The van der Waals surface area contributed by atoms with Gasteiger partial charge in [0.15, 0.2) is 0 Å². The predicted molar refractivity (Wildman–Crippen MR) is 86.1 cm³/mol. The highest BCUT2D eigenvalue weighted by molar-refractivity contribution is 4.93. The first-order valence-corrected chi connectivity index (χ1v) is 8.09. The molecule has 0 bridgehead atoms. The van der Waals surface area contributed by atoms with Crippen LogP contribution < -0.4 is 5.32 Å². The van der Waals surface area contributed by atoms with E-state index in [0.717, 1.165) is 31.8 Å². The van der Waals surface area contributed by atoms with Crippen LogP contribution in [0.4, 0.5) is 0 Å². The summed E-state index contributed by atoms with van der Waals surface area (Å²) in [6.45, 7) is 12.4. The molecule has 1 fully saturated rings. The summed E-state index contributed by atoms with van der Waals surface area (Å²) in [4.78, 5) is 4.93. The Morgan fingerprint density at radius 3 is 2.50 bits per heavy atom. The number of rotatable bonds is 8. The summed E-state index contributed by atoms with van der Waals surface area (Å²) in [5.74, 6) is 0.719. The zero-order valence-electron chi connectivity index (χ0n) is 14.3. The Bertz CT molecular complexity index is 285. The van der Waals surface area contributed by atoms with Crippen LogP contribution in [0.25, 0.3) is 0 Å². The third-order valence-corrected chi connectivity index (χ3v) is 4.78. The molecule has 4 heteroatoms. The maximum absolute atomic E-state index is 9.71. The van der Waals surface area contributed by atoms with Crippen molar-refractivity contribution in [2.24, 2.45) is 5.92 Å². The van der Waals surface area contributed by atoms with E-state index in [1.807, 2.05) is 0 Å². The van der Waals surface area contributed by atoms with Gasteiger partial charge in [-0.3, -0.25) is 4.90 Å². The van der Waals surface area contributed by atoms with Gasteiger partial charge in [-0.2, -0.15) is 0 Å². The van der Waals surface area contributed by atoms with E-state index in [1.165, 1.54) is 6.54 Å². The number of nitrogens with one attached hydrogen (secondary N) is 1. The number of hydrogen-bond acceptors (Lipinski definition) is 4. The fourth-order valence-corrected chi connectivity index (χ4v) is 3.42. The number of likely N-dealkylation sites (N-methyl/N-ethyl adjacent to an activating group) is 1. The number of nitrogens with zero attached hydrogens (tertiary/aromatic N) is 2. The normalized spacial score (nSPS) is 28.8. The first-order chi connectivity index (χ1) is 9.33. The maximum atomic E-state index is 9.71. The Labute approximate surface area is 125 Å². The highest BCUT2D eigenvalue weighted by Gasteiger charge is 2.35. The van der Waals surface area contributed by atoms with Gasteiger partial charge in [0, 0.05) is 30.7 Å². The van der Waals surface area contributed by atoms with Crippen molar-refractivity contribution in [2.45, 2.75) is 58.2 Å². The van der Waals surface area contributed by atoms with Crippen LogP contribution in [0.5, 0.6) is 0 Å². The van der Waals surface area contributed by atoms with Crippen molar-refractivity contribution in [3.63, 3.8) is 0 Å². The molecule has 0 aromatic heterocycles. The third-order valence-electron chi connectivity index (χ3n) is 4.78. The molecule has 1 saturated heterocycles. The molecule has 20 heavy (non-hydrogen) atoms. The Hall–Kier alpha value is -0.160. The summed E-state index contributed by atoms with van der Waals surface area (Å²) in [7, 11) is 4.35. The molecular formula is C16H35N3O. The van der Waals surface area contributed by atoms with Gasteiger partial charge < -0.3 is 15.3 Å². The van der Waals surface area contributed by atoms with Crippen molar-refractivity contribution >= 4 is 0 Å². The highest BCUT2D eigenvalue weighted by Crippen LogP contribution is 2.25. The summed E-state index contributed by atoms with van der Waals surface area (Å²) in [5.41, 5.74) is -0.158. The van der Waals surface area contributed by atoms with Gasteiger partial charge in [0.05, 0.1) is 6.61 Å². The summed E-state index contributed by atoms with van der Waals surface area (Å²) >= 11 is 0. The van der Waals surface area contributed by atoms with Crippen LogP contribution in [0.2, 0.25) is 0 Å². The zero-order valence-corrected chi connectivity index (χ0v) is 14.3. The van der Waals surface area contributed by atoms with Gasteiger partial charge in [-0.1, -0.05) is 13.8 Å². The number of aliphatic hydroxyl groups excluding tert-OH is 1. The van der Waals surface area contributed by atoms with Gasteiger partial charge in [0.1, 0.15) is 0 Å². The van der Waals surface area contributed by atoms with E-state index < -0.39 is 0 Å². The molecule has 4 nitrogen and oxygen atoms in total. The van der Waals surface area contributed by atoms with Crippen molar-refractivity contribution in [1.29, 1.82) is 0 Å². The Balaban J connectivity index is 2.55. The molecule has 2 N–H and O–H groups in total. The lowest BCUT2D eigenvalue weighted by Crippen LogP contribution is -2.50. The van der Waals surface area contributed by atoms with Crippen LogP contribution >= 0.6 is 0 Å². The van der Waals surface area contributed by atoms with Gasteiger partial charge in [-0.25, -0.2) is 0 Å². The fraction of sp³-hybridized carbons (Fsp3) is 1.00. The maximum Gasteiger partial charge on any atom is 0.0611 e. The van der Waals surface area contributed by atoms with Crippen LogP contribution in [-0.2, 0) is 0 Å². The topological polar surface area (TPSA) is 38.7 Å². The van der Waals surface area contributed by atoms with Crippen LogP contribution in [0, 0.1) is 5.92 Å². The van der Waals surface area contributed by atoms with Crippen LogP contribution in [0.1, 0.15) is 40.5 Å². The first kappa shape index (κ1) is 17.9. The van der Waals surface area contributed by atoms with Gasteiger partial charge in [-0.05, 0) is 53.2 Å². The second-order valence-electron chi connectivity index (χ2n) is 7.16. The molecule has 4 unspecified atom stereocenters. The van der Waals surface area contributed by atoms with Crippen molar-refractivity contribution in [1.82, 2.24) is 15.1 Å². The number of likely N-dealkylation sites (tertiary alicyclic amines) is 1. The summed E-state index contributed by atoms with van der Waals surface area (Å²) in [5, 5.41) is 13.2. The van der Waals surface area contributed by atoms with Crippen molar-refractivity contribution in [3.8, 4) is 0 Å². The quantitative estimate of drug-likeness (QED) is 0.707. The van der Waals surface area contributed by atoms with E-state index in [2.05, 4.69) is 56.9 Å². The molecule has 1 aliphatic heterocycles. The van der Waals surface area contributed by atoms with Crippen LogP contribution in [0.15, 0.2) is 0 Å². The molecule has 0 saturated carbocycles. The average Bonchev–Trinajstić information content (AvgIpc) is 2.79. The smallest absolute Gasteiger partial charge is 0.0611 e. The monoisotopic (exact) mass is 285 g/mol. The first-order valence-electron chi connectivity index (χ1n) is 8.09. The molecule has 0 aliphatic carbocycles. The van der Waals surface area contributed by atoms with Crippen molar-refractivity contribution < 1.29 is 5.11 Å². The van der Waals surface area contributed by atoms with E-state index >= 15 is 0 Å². The minimum atomic E-state index is -0.158. The lowest BCUT2D eigenvalue weighted by atomic mass is 9.93. The van der Waals surface area contributed by atoms with E-state index in [1.54, 1.807) is 0 Å². The molecule has 0 radical (unpaired) electrons. The minimum Gasteiger partial charge on any atom is -0.394 e. The highest BCUT2D eigenvalue weighted by atomic mass is 16.3. The molecule has 0 spiro atoms. The fourth-order valence-electron chi connectivity index (χ4n) is 3.42. The Morgan fingerprint density at radius 2 is 2.05 bits per heavy atom. The van der Waals surface area contributed by atoms with Gasteiger partial charge >= 0.3 is 0 Å². The van der Waals surface area contributed by atoms with Crippen molar-refractivity contribution in [3.05, 3.63) is 0 Å². The molecule has 0 amide bonds. The molecule has 1 aliphatic rings. The SMILES string of the molecule is CCCNC(C)(CO)CC(C)N1CC(C)C(N(C)C)C1. The van der Waals surface area contributed by atoms with Gasteiger partial charge in [0.2, 0.25) is 0 Å². The molecule has 1 heterocycles. The Kier molecular flexibility index (Phi) is 6.92. The summed E-state index contributed by atoms with van der Waals surface area (Å²) < 4.78 is 0. The molecule has 0 aromatic rings. The average molecular weight is 285 g/mol. The lowest BCUT2D eigenvalue weighted by Gasteiger charge is -2.35. The van der Waals surface area contributed by atoms with E-state index in [-0.39, 0.29) is 12.1 Å². The summed E-state index contributed by atoms with van der Waals surface area (Å²) in [6, 6.07) is 1.16. The van der Waals surface area contributed by atoms with Crippen LogP contribution in [0.3, 0.4) is 0 Å². The van der Waals surface area contributed by atoms with E-state index in [4.69, 9.17) is 0 Å². The second-order valence-corrected chi connectivity index (χ2v) is 7.16. The summed E-state index contributed by atoms with van der Waals surface area (Å²) in [6.07, 6.45) is 2.10. The second kappa shape index (κ2) is 7.74. The molecule has 4 atom stereocenters. The minimum absolute atomic E-state index is 0.158. The Morgan fingerprint density at radius 1 is 1.40 bits per heavy atom. The lowest BCUT2D eigenvalue weighted by molar-refractivity contribution is 0.122. The third kappa shape index (κ3) is 4.69. The van der Waals surface area contributed by atoms with Gasteiger partial charge in [0.25, 0.3) is 0 Å². The van der Waals surface area contributed by atoms with E-state index in [0.29, 0.717) is 12.1 Å². The molecule has 1 rings (SSSR count). The van der Waals surface area contributed by atoms with Crippen LogP contribution in [-0.4, -0.2) is 72.9 Å². The molecule has 120 valence electrons. The van der Waals surface area contributed by atoms with Gasteiger partial charge in [-0.15, -0.1) is 0 Å².